The molecular formula is C20H26N2O8. The Morgan fingerprint density at radius 2 is 1.70 bits per heavy atom. The molecule has 0 fully saturated rings. The molecule has 1 heterocycles. The van der Waals surface area contributed by atoms with Gasteiger partial charge in [-0.1, -0.05) is 0 Å². The van der Waals surface area contributed by atoms with E-state index < -0.39 is 30.1 Å². The summed E-state index contributed by atoms with van der Waals surface area (Å²) in [5, 5.41) is 5.23. The average Bonchev–Trinajstić information content (AvgIpc) is 2.71. The molecule has 164 valence electrons. The molecule has 0 saturated heterocycles. The SMILES string of the molecule is CCOC(=O)C(C)OC(=O)C1=C(C)NC(=O)NC1c1cc(OC)c(OC)c(OC)c1. The molecule has 0 saturated carbocycles. The van der Waals surface area contributed by atoms with Crippen LogP contribution >= 0.6 is 0 Å². The van der Waals surface area contributed by atoms with E-state index in [1.165, 1.54) is 28.3 Å². The second-order valence-corrected chi connectivity index (χ2v) is 6.33. The fourth-order valence-corrected chi connectivity index (χ4v) is 3.01. The number of urea groups is 1. The highest BCUT2D eigenvalue weighted by Crippen LogP contribution is 2.41. The van der Waals surface area contributed by atoms with Gasteiger partial charge >= 0.3 is 18.0 Å². The third-order valence-electron chi connectivity index (χ3n) is 4.41. The Hall–Kier alpha value is -3.43. The lowest BCUT2D eigenvalue weighted by Gasteiger charge is -2.29. The van der Waals surface area contributed by atoms with Crippen molar-refractivity contribution in [1.29, 1.82) is 0 Å². The number of hydrogen-bond acceptors (Lipinski definition) is 8. The molecule has 1 aliphatic heterocycles. The molecule has 2 rings (SSSR count). The van der Waals surface area contributed by atoms with Gasteiger partial charge in [0.05, 0.1) is 39.6 Å². The predicted molar refractivity (Wildman–Crippen MR) is 105 cm³/mol. The average molecular weight is 422 g/mol. The van der Waals surface area contributed by atoms with E-state index >= 15 is 0 Å². The summed E-state index contributed by atoms with van der Waals surface area (Å²) in [4.78, 5) is 36.8. The van der Waals surface area contributed by atoms with Gasteiger partial charge in [0.2, 0.25) is 5.75 Å². The van der Waals surface area contributed by atoms with Crippen molar-refractivity contribution in [3.05, 3.63) is 29.0 Å². The van der Waals surface area contributed by atoms with Crippen molar-refractivity contribution in [2.45, 2.75) is 32.9 Å². The number of ether oxygens (including phenoxy) is 5. The van der Waals surface area contributed by atoms with Crippen molar-refractivity contribution in [2.75, 3.05) is 27.9 Å². The Kier molecular flexibility index (Phi) is 7.51. The summed E-state index contributed by atoms with van der Waals surface area (Å²) in [6.45, 7) is 4.79. The molecule has 1 aromatic rings. The van der Waals surface area contributed by atoms with Gasteiger partial charge in [0.25, 0.3) is 0 Å². The Morgan fingerprint density at radius 3 is 2.20 bits per heavy atom. The normalized spacial score (nSPS) is 16.7. The molecule has 0 spiro atoms. The first-order valence-corrected chi connectivity index (χ1v) is 9.23. The van der Waals surface area contributed by atoms with E-state index in [0.29, 0.717) is 28.5 Å². The van der Waals surface area contributed by atoms with Crippen molar-refractivity contribution < 1.29 is 38.1 Å². The molecule has 0 aromatic heterocycles. The van der Waals surface area contributed by atoms with E-state index in [2.05, 4.69) is 10.6 Å². The molecule has 1 aromatic carbocycles. The van der Waals surface area contributed by atoms with Crippen LogP contribution in [0.25, 0.3) is 0 Å². The van der Waals surface area contributed by atoms with Gasteiger partial charge in [0.15, 0.2) is 17.6 Å². The van der Waals surface area contributed by atoms with Crippen LogP contribution in [0.4, 0.5) is 4.79 Å². The number of esters is 2. The van der Waals surface area contributed by atoms with Crippen LogP contribution in [-0.4, -0.2) is 52.0 Å². The van der Waals surface area contributed by atoms with Crippen molar-refractivity contribution in [3.63, 3.8) is 0 Å². The highest BCUT2D eigenvalue weighted by atomic mass is 16.6. The van der Waals surface area contributed by atoms with Gasteiger partial charge in [-0.05, 0) is 38.5 Å². The zero-order valence-electron chi connectivity index (χ0n) is 17.8. The van der Waals surface area contributed by atoms with Crippen LogP contribution in [0.2, 0.25) is 0 Å². The summed E-state index contributed by atoms with van der Waals surface area (Å²) >= 11 is 0. The summed E-state index contributed by atoms with van der Waals surface area (Å²) in [6.07, 6.45) is -1.11. The van der Waals surface area contributed by atoms with Crippen molar-refractivity contribution in [3.8, 4) is 17.2 Å². The van der Waals surface area contributed by atoms with E-state index in [1.54, 1.807) is 26.0 Å². The predicted octanol–water partition coefficient (Wildman–Crippen LogP) is 1.84. The summed E-state index contributed by atoms with van der Waals surface area (Å²) in [6, 6.07) is 1.86. The summed E-state index contributed by atoms with van der Waals surface area (Å²) < 4.78 is 26.2. The number of allylic oxidation sites excluding steroid dienone is 1. The molecule has 2 atom stereocenters. The lowest BCUT2D eigenvalue weighted by atomic mass is 9.95. The molecule has 1 aliphatic rings. The highest BCUT2D eigenvalue weighted by Gasteiger charge is 2.35. The molecule has 2 amide bonds. The number of benzene rings is 1. The molecule has 0 radical (unpaired) electrons. The molecular weight excluding hydrogens is 396 g/mol. The van der Waals surface area contributed by atoms with Crippen LogP contribution in [0.15, 0.2) is 23.4 Å². The van der Waals surface area contributed by atoms with E-state index in [4.69, 9.17) is 23.7 Å². The molecule has 0 bridgehead atoms. The number of carbonyl (C=O) groups is 3. The number of methoxy groups -OCH3 is 3. The van der Waals surface area contributed by atoms with Crippen LogP contribution in [0.1, 0.15) is 32.4 Å². The first-order chi connectivity index (χ1) is 14.3. The van der Waals surface area contributed by atoms with Crippen molar-refractivity contribution in [2.24, 2.45) is 0 Å². The molecule has 2 N–H and O–H groups in total. The van der Waals surface area contributed by atoms with Gasteiger partial charge in [-0.3, -0.25) is 0 Å². The van der Waals surface area contributed by atoms with Crippen LogP contribution in [0.5, 0.6) is 17.2 Å². The standard InChI is InChI=1S/C20H26N2O8/c1-7-29-18(23)11(3)30-19(24)15-10(2)21-20(25)22-16(15)12-8-13(26-4)17(28-6)14(9-12)27-5/h8-9,11,16H,7H2,1-6H3,(H2,21,22,25). The monoisotopic (exact) mass is 422 g/mol. The van der Waals surface area contributed by atoms with Gasteiger partial charge in [0, 0.05) is 5.70 Å². The van der Waals surface area contributed by atoms with E-state index in [9.17, 15) is 14.4 Å². The van der Waals surface area contributed by atoms with Gasteiger partial charge in [-0.2, -0.15) is 0 Å². The fraction of sp³-hybridized carbons (Fsp3) is 0.450. The lowest BCUT2D eigenvalue weighted by molar-refractivity contribution is -0.164. The van der Waals surface area contributed by atoms with E-state index in [1.807, 2.05) is 0 Å². The maximum absolute atomic E-state index is 12.9. The van der Waals surface area contributed by atoms with Gasteiger partial charge in [-0.25, -0.2) is 14.4 Å². The minimum Gasteiger partial charge on any atom is -0.493 e. The Bertz CT molecular complexity index is 839. The quantitative estimate of drug-likeness (QED) is 0.609. The van der Waals surface area contributed by atoms with Gasteiger partial charge in [-0.15, -0.1) is 0 Å². The number of nitrogens with one attached hydrogen (secondary N) is 2. The first kappa shape index (κ1) is 22.9. The zero-order chi connectivity index (χ0) is 22.4. The van der Waals surface area contributed by atoms with E-state index in [0.717, 1.165) is 0 Å². The molecule has 10 nitrogen and oxygen atoms in total. The second-order valence-electron chi connectivity index (χ2n) is 6.33. The first-order valence-electron chi connectivity index (χ1n) is 9.23. The Labute approximate surface area is 174 Å². The highest BCUT2D eigenvalue weighted by molar-refractivity contribution is 5.96. The summed E-state index contributed by atoms with van der Waals surface area (Å²) in [5.74, 6) is -0.375. The topological polar surface area (TPSA) is 121 Å². The zero-order valence-corrected chi connectivity index (χ0v) is 17.8. The van der Waals surface area contributed by atoms with Crippen LogP contribution in [0, 0.1) is 0 Å². The smallest absolute Gasteiger partial charge is 0.347 e. The third kappa shape index (κ3) is 4.76. The van der Waals surface area contributed by atoms with Crippen LogP contribution in [-0.2, 0) is 19.1 Å². The summed E-state index contributed by atoms with van der Waals surface area (Å²) in [5.41, 5.74) is 0.910. The molecule has 0 aliphatic carbocycles. The molecule has 2 unspecified atom stereocenters. The largest absolute Gasteiger partial charge is 0.493 e. The maximum Gasteiger partial charge on any atom is 0.347 e. The van der Waals surface area contributed by atoms with Crippen molar-refractivity contribution in [1.82, 2.24) is 10.6 Å². The van der Waals surface area contributed by atoms with E-state index in [-0.39, 0.29) is 12.2 Å². The van der Waals surface area contributed by atoms with Crippen LogP contribution in [0.3, 0.4) is 0 Å². The second kappa shape index (κ2) is 9.86. The third-order valence-corrected chi connectivity index (χ3v) is 4.41. The Morgan fingerprint density at radius 1 is 1.10 bits per heavy atom. The molecule has 30 heavy (non-hydrogen) atoms. The Balaban J connectivity index is 2.47. The lowest BCUT2D eigenvalue weighted by Crippen LogP contribution is -2.45. The van der Waals surface area contributed by atoms with Gasteiger partial charge < -0.3 is 34.3 Å². The van der Waals surface area contributed by atoms with Crippen molar-refractivity contribution >= 4 is 18.0 Å². The minimum atomic E-state index is -1.11. The fourth-order valence-electron chi connectivity index (χ4n) is 3.01. The number of rotatable bonds is 8. The van der Waals surface area contributed by atoms with Gasteiger partial charge in [0.1, 0.15) is 0 Å². The summed E-state index contributed by atoms with van der Waals surface area (Å²) in [7, 11) is 4.38. The number of hydrogen-bond donors (Lipinski definition) is 2. The van der Waals surface area contributed by atoms with Crippen LogP contribution < -0.4 is 24.8 Å². The minimum absolute atomic E-state index is 0.125. The molecule has 10 heteroatoms. The maximum atomic E-state index is 12.9. The number of carbonyl (C=O) groups excluding carboxylic acids is 3. The number of amides is 2.